The number of methoxy groups -OCH3 is 1. The molecule has 0 N–H and O–H groups in total. The van der Waals surface area contributed by atoms with Gasteiger partial charge in [0.2, 0.25) is 0 Å². The molecule has 0 amide bonds. The second kappa shape index (κ2) is 7.95. The maximum absolute atomic E-state index is 11.4. The van der Waals surface area contributed by atoms with Crippen molar-refractivity contribution in [3.8, 4) is 0 Å². The molecule has 0 heterocycles. The Bertz CT molecular complexity index is 399. The van der Waals surface area contributed by atoms with Gasteiger partial charge in [-0.05, 0) is 30.4 Å². The fourth-order valence-corrected chi connectivity index (χ4v) is 2.06. The largest absolute Gasteiger partial charge is 0.469 e. The van der Waals surface area contributed by atoms with Crippen LogP contribution in [-0.2, 0) is 27.3 Å². The topological polar surface area (TPSA) is 35.5 Å². The van der Waals surface area contributed by atoms with Crippen molar-refractivity contribution in [3.05, 3.63) is 35.4 Å². The lowest BCUT2D eigenvalue weighted by Gasteiger charge is -2.16. The Kier molecular flexibility index (Phi) is 6.57. The van der Waals surface area contributed by atoms with Crippen molar-refractivity contribution in [2.45, 2.75) is 46.3 Å². The summed E-state index contributed by atoms with van der Waals surface area (Å²) in [5.41, 5.74) is 2.04. The molecule has 1 aromatic rings. The van der Waals surface area contributed by atoms with Crippen LogP contribution in [0.1, 0.15) is 38.3 Å². The Morgan fingerprint density at radius 1 is 1.16 bits per heavy atom. The molecule has 3 heteroatoms. The van der Waals surface area contributed by atoms with Gasteiger partial charge in [0, 0.05) is 0 Å². The second-order valence-corrected chi connectivity index (χ2v) is 5.27. The molecule has 0 aliphatic heterocycles. The summed E-state index contributed by atoms with van der Waals surface area (Å²) in [4.78, 5) is 11.4. The van der Waals surface area contributed by atoms with Gasteiger partial charge >= 0.3 is 5.97 Å². The second-order valence-electron chi connectivity index (χ2n) is 5.27. The maximum atomic E-state index is 11.4. The van der Waals surface area contributed by atoms with Crippen LogP contribution < -0.4 is 0 Å². The zero-order chi connectivity index (χ0) is 14.3. The number of ether oxygens (including phenoxy) is 2. The summed E-state index contributed by atoms with van der Waals surface area (Å²) < 4.78 is 10.6. The molecule has 1 atom stereocenters. The third-order valence-corrected chi connectivity index (χ3v) is 3.01. The smallest absolute Gasteiger partial charge is 0.309 e. The van der Waals surface area contributed by atoms with E-state index in [0.29, 0.717) is 18.9 Å². The number of hydrogen-bond acceptors (Lipinski definition) is 3. The van der Waals surface area contributed by atoms with E-state index in [0.717, 1.165) is 17.5 Å². The molecule has 1 aromatic carbocycles. The molecule has 0 aromatic heterocycles. The van der Waals surface area contributed by atoms with Crippen LogP contribution in [0.3, 0.4) is 0 Å². The predicted molar refractivity (Wildman–Crippen MR) is 75.9 cm³/mol. The third-order valence-electron chi connectivity index (χ3n) is 3.01. The minimum absolute atomic E-state index is 0.220. The van der Waals surface area contributed by atoms with Crippen molar-refractivity contribution in [1.29, 1.82) is 0 Å². The Hall–Kier alpha value is -1.35. The van der Waals surface area contributed by atoms with Gasteiger partial charge < -0.3 is 9.47 Å². The minimum Gasteiger partial charge on any atom is -0.469 e. The molecule has 0 bridgehead atoms. The van der Waals surface area contributed by atoms with Crippen LogP contribution in [0.25, 0.3) is 0 Å². The van der Waals surface area contributed by atoms with Crippen LogP contribution in [0.4, 0.5) is 0 Å². The van der Waals surface area contributed by atoms with Gasteiger partial charge in [0.15, 0.2) is 0 Å². The summed E-state index contributed by atoms with van der Waals surface area (Å²) in [7, 11) is 1.41. The van der Waals surface area contributed by atoms with Gasteiger partial charge in [-0.3, -0.25) is 4.79 Å². The number of rotatable bonds is 7. The molecule has 19 heavy (non-hydrogen) atoms. The van der Waals surface area contributed by atoms with Crippen LogP contribution in [0.15, 0.2) is 24.3 Å². The van der Waals surface area contributed by atoms with Gasteiger partial charge in [-0.25, -0.2) is 0 Å². The van der Waals surface area contributed by atoms with E-state index in [9.17, 15) is 4.79 Å². The van der Waals surface area contributed by atoms with E-state index in [1.54, 1.807) is 0 Å². The van der Waals surface area contributed by atoms with Crippen molar-refractivity contribution in [2.24, 2.45) is 5.92 Å². The van der Waals surface area contributed by atoms with Gasteiger partial charge in [-0.1, -0.05) is 38.1 Å². The third kappa shape index (κ3) is 5.88. The zero-order valence-electron chi connectivity index (χ0n) is 12.3. The maximum Gasteiger partial charge on any atom is 0.309 e. The number of carbonyl (C=O) groups excluding carboxylic acids is 1. The monoisotopic (exact) mass is 264 g/mol. The fourth-order valence-electron chi connectivity index (χ4n) is 2.06. The molecule has 0 aliphatic carbocycles. The average molecular weight is 264 g/mol. The summed E-state index contributed by atoms with van der Waals surface area (Å²) in [6, 6.07) is 7.84. The van der Waals surface area contributed by atoms with Crippen LogP contribution in [0.2, 0.25) is 0 Å². The lowest BCUT2D eigenvalue weighted by Crippen LogP contribution is -2.13. The molecule has 0 radical (unpaired) electrons. The standard InChI is InChI=1S/C16H24O3/c1-12(2)9-13(3)19-11-15-8-6-5-7-14(15)10-16(17)18-4/h5-8,12-13H,9-11H2,1-4H3. The predicted octanol–water partition coefficient (Wildman–Crippen LogP) is 3.35. The SMILES string of the molecule is COC(=O)Cc1ccccc1COC(C)CC(C)C. The molecule has 1 unspecified atom stereocenters. The van der Waals surface area contributed by atoms with E-state index < -0.39 is 0 Å². The van der Waals surface area contributed by atoms with E-state index in [-0.39, 0.29) is 12.1 Å². The zero-order valence-corrected chi connectivity index (χ0v) is 12.3. The summed E-state index contributed by atoms with van der Waals surface area (Å²) in [6.45, 7) is 7.00. The first-order chi connectivity index (χ1) is 9.02. The van der Waals surface area contributed by atoms with Crippen LogP contribution >= 0.6 is 0 Å². The first kappa shape index (κ1) is 15.7. The van der Waals surface area contributed by atoms with Crippen LogP contribution in [0, 0.1) is 5.92 Å². The molecule has 0 aliphatic rings. The summed E-state index contributed by atoms with van der Waals surface area (Å²) in [5.74, 6) is 0.406. The lowest BCUT2D eigenvalue weighted by molar-refractivity contribution is -0.139. The molecule has 1 rings (SSSR count). The van der Waals surface area contributed by atoms with Crippen molar-refractivity contribution >= 4 is 5.97 Å². The van der Waals surface area contributed by atoms with Crippen molar-refractivity contribution in [1.82, 2.24) is 0 Å². The van der Waals surface area contributed by atoms with Gasteiger partial charge in [0.05, 0.1) is 26.2 Å². The Morgan fingerprint density at radius 2 is 1.79 bits per heavy atom. The Labute approximate surface area is 115 Å². The van der Waals surface area contributed by atoms with E-state index in [1.807, 2.05) is 24.3 Å². The highest BCUT2D eigenvalue weighted by Gasteiger charge is 2.10. The molecular formula is C16H24O3. The van der Waals surface area contributed by atoms with Crippen molar-refractivity contribution < 1.29 is 14.3 Å². The quantitative estimate of drug-likeness (QED) is 0.708. The number of esters is 1. The number of benzene rings is 1. The molecule has 0 saturated carbocycles. The first-order valence-electron chi connectivity index (χ1n) is 6.78. The molecule has 3 nitrogen and oxygen atoms in total. The Balaban J connectivity index is 2.60. The van der Waals surface area contributed by atoms with Crippen molar-refractivity contribution in [2.75, 3.05) is 7.11 Å². The molecule has 0 fully saturated rings. The summed E-state index contributed by atoms with van der Waals surface area (Å²) in [5, 5.41) is 0. The summed E-state index contributed by atoms with van der Waals surface area (Å²) in [6.07, 6.45) is 1.57. The van der Waals surface area contributed by atoms with Crippen LogP contribution in [-0.4, -0.2) is 19.2 Å². The van der Waals surface area contributed by atoms with Gasteiger partial charge in [-0.2, -0.15) is 0 Å². The van der Waals surface area contributed by atoms with Gasteiger partial charge in [-0.15, -0.1) is 0 Å². The highest BCUT2D eigenvalue weighted by Crippen LogP contribution is 2.15. The van der Waals surface area contributed by atoms with Gasteiger partial charge in [0.1, 0.15) is 0 Å². The van der Waals surface area contributed by atoms with E-state index in [2.05, 4.69) is 20.8 Å². The molecular weight excluding hydrogens is 240 g/mol. The first-order valence-corrected chi connectivity index (χ1v) is 6.78. The molecule has 0 saturated heterocycles. The molecule has 106 valence electrons. The lowest BCUT2D eigenvalue weighted by atomic mass is 10.0. The van der Waals surface area contributed by atoms with E-state index >= 15 is 0 Å². The fraction of sp³-hybridized carbons (Fsp3) is 0.562. The Morgan fingerprint density at radius 3 is 2.37 bits per heavy atom. The number of hydrogen-bond donors (Lipinski definition) is 0. The van der Waals surface area contributed by atoms with Crippen LogP contribution in [0.5, 0.6) is 0 Å². The van der Waals surface area contributed by atoms with Gasteiger partial charge in [0.25, 0.3) is 0 Å². The highest BCUT2D eigenvalue weighted by atomic mass is 16.5. The highest BCUT2D eigenvalue weighted by molar-refractivity contribution is 5.72. The van der Waals surface area contributed by atoms with E-state index in [1.165, 1.54) is 7.11 Å². The number of carbonyl (C=O) groups is 1. The van der Waals surface area contributed by atoms with E-state index in [4.69, 9.17) is 9.47 Å². The minimum atomic E-state index is -0.220. The summed E-state index contributed by atoms with van der Waals surface area (Å²) >= 11 is 0. The van der Waals surface area contributed by atoms with Crippen molar-refractivity contribution in [3.63, 3.8) is 0 Å². The molecule has 0 spiro atoms. The average Bonchev–Trinajstić information content (AvgIpc) is 2.36. The normalized spacial score (nSPS) is 12.5.